The van der Waals surface area contributed by atoms with Crippen molar-refractivity contribution in [3.63, 3.8) is 0 Å². The van der Waals surface area contributed by atoms with E-state index in [1.807, 2.05) is 6.92 Å². The molecule has 0 amide bonds. The van der Waals surface area contributed by atoms with Crippen molar-refractivity contribution in [2.45, 2.75) is 52.7 Å². The van der Waals surface area contributed by atoms with Crippen molar-refractivity contribution in [3.05, 3.63) is 12.2 Å². The molecule has 0 saturated heterocycles. The van der Waals surface area contributed by atoms with Gasteiger partial charge in [-0.15, -0.1) is 0 Å². The summed E-state index contributed by atoms with van der Waals surface area (Å²) in [6, 6.07) is 2.11. The molecular formula is C12H21NO. The van der Waals surface area contributed by atoms with Gasteiger partial charge in [0.1, 0.15) is 0 Å². The number of nitriles is 1. The zero-order valence-corrected chi connectivity index (χ0v) is 9.71. The molecular weight excluding hydrogens is 174 g/mol. The van der Waals surface area contributed by atoms with Crippen LogP contribution in [0.1, 0.15) is 40.5 Å². The highest BCUT2D eigenvalue weighted by atomic mass is 16.5. The first-order valence-corrected chi connectivity index (χ1v) is 5.24. The summed E-state index contributed by atoms with van der Waals surface area (Å²) in [5, 5.41) is 8.52. The van der Waals surface area contributed by atoms with Gasteiger partial charge in [-0.25, -0.2) is 0 Å². The number of nitrogens with zero attached hydrogens (tertiary/aromatic N) is 1. The summed E-state index contributed by atoms with van der Waals surface area (Å²) in [6.07, 6.45) is 1.47. The predicted octanol–water partition coefficient (Wildman–Crippen LogP) is 3.30. The van der Waals surface area contributed by atoms with Crippen LogP contribution in [-0.2, 0) is 4.74 Å². The second-order valence-corrected chi connectivity index (χ2v) is 3.94. The van der Waals surface area contributed by atoms with Gasteiger partial charge in [0.25, 0.3) is 0 Å². The first kappa shape index (κ1) is 13.2. The lowest BCUT2D eigenvalue weighted by molar-refractivity contribution is 0.0153. The lowest BCUT2D eigenvalue weighted by Gasteiger charge is -2.24. The van der Waals surface area contributed by atoms with Gasteiger partial charge in [-0.05, 0) is 24.8 Å². The molecule has 14 heavy (non-hydrogen) atoms. The Hall–Kier alpha value is -0.810. The second-order valence-electron chi connectivity index (χ2n) is 3.94. The molecule has 80 valence electrons. The molecule has 0 radical (unpaired) electrons. The molecule has 0 rings (SSSR count). The van der Waals surface area contributed by atoms with E-state index in [-0.39, 0.29) is 12.2 Å². The highest BCUT2D eigenvalue weighted by Crippen LogP contribution is 2.19. The first-order valence-electron chi connectivity index (χ1n) is 5.24. The summed E-state index contributed by atoms with van der Waals surface area (Å²) in [6.45, 7) is 12.3. The fourth-order valence-corrected chi connectivity index (χ4v) is 1.27. The third kappa shape index (κ3) is 4.43. The van der Waals surface area contributed by atoms with E-state index in [0.29, 0.717) is 12.3 Å². The zero-order valence-electron chi connectivity index (χ0n) is 9.71. The molecule has 0 bridgehead atoms. The molecule has 2 nitrogen and oxygen atoms in total. The van der Waals surface area contributed by atoms with Gasteiger partial charge in [0.2, 0.25) is 0 Å². The Kier molecular flexibility index (Phi) is 6.23. The van der Waals surface area contributed by atoms with Gasteiger partial charge in [-0.2, -0.15) is 5.26 Å². The minimum absolute atomic E-state index is 0.000417. The lowest BCUT2D eigenvalue weighted by Crippen LogP contribution is -2.23. The standard InChI is InChI=1S/C12H21NO/c1-6-12(11(5)9(2)3)14-10(4)7-8-13/h9-10,12H,5-7H2,1-4H3. The number of rotatable bonds is 6. The van der Waals surface area contributed by atoms with Crippen molar-refractivity contribution in [1.29, 1.82) is 5.26 Å². The van der Waals surface area contributed by atoms with E-state index < -0.39 is 0 Å². The Morgan fingerprint density at radius 1 is 1.43 bits per heavy atom. The van der Waals surface area contributed by atoms with Crippen molar-refractivity contribution >= 4 is 0 Å². The van der Waals surface area contributed by atoms with E-state index in [4.69, 9.17) is 10.00 Å². The molecule has 0 aliphatic heterocycles. The third-order valence-corrected chi connectivity index (χ3v) is 2.30. The molecule has 2 unspecified atom stereocenters. The average Bonchev–Trinajstić information content (AvgIpc) is 2.13. The maximum atomic E-state index is 8.52. The molecule has 0 aromatic heterocycles. The summed E-state index contributed by atoms with van der Waals surface area (Å²) in [4.78, 5) is 0. The van der Waals surface area contributed by atoms with Crippen molar-refractivity contribution in [3.8, 4) is 6.07 Å². The number of hydrogen-bond acceptors (Lipinski definition) is 2. The van der Waals surface area contributed by atoms with Crippen LogP contribution in [0.25, 0.3) is 0 Å². The monoisotopic (exact) mass is 195 g/mol. The van der Waals surface area contributed by atoms with Gasteiger partial charge in [0.05, 0.1) is 24.7 Å². The molecule has 2 heteroatoms. The molecule has 0 aromatic rings. The smallest absolute Gasteiger partial charge is 0.0786 e. The lowest BCUT2D eigenvalue weighted by atomic mass is 9.98. The number of hydrogen-bond donors (Lipinski definition) is 0. The van der Waals surface area contributed by atoms with Crippen LogP contribution in [0.4, 0.5) is 0 Å². The largest absolute Gasteiger partial charge is 0.370 e. The van der Waals surface area contributed by atoms with Crippen molar-refractivity contribution in [2.24, 2.45) is 5.92 Å². The van der Waals surface area contributed by atoms with Crippen molar-refractivity contribution < 1.29 is 4.74 Å². The Labute approximate surface area is 87.6 Å². The molecule has 0 N–H and O–H groups in total. The van der Waals surface area contributed by atoms with Crippen LogP contribution in [0, 0.1) is 17.2 Å². The number of ether oxygens (including phenoxy) is 1. The average molecular weight is 195 g/mol. The Morgan fingerprint density at radius 3 is 2.36 bits per heavy atom. The normalized spacial score (nSPS) is 14.9. The summed E-state index contributed by atoms with van der Waals surface area (Å²) < 4.78 is 5.74. The molecule has 2 atom stereocenters. The molecule has 0 heterocycles. The van der Waals surface area contributed by atoms with Crippen LogP contribution in [0.2, 0.25) is 0 Å². The van der Waals surface area contributed by atoms with E-state index in [0.717, 1.165) is 12.0 Å². The van der Waals surface area contributed by atoms with E-state index in [1.165, 1.54) is 0 Å². The molecule has 0 aromatic carbocycles. The zero-order chi connectivity index (χ0) is 11.1. The quantitative estimate of drug-likeness (QED) is 0.609. The first-order chi connectivity index (χ1) is 6.52. The van der Waals surface area contributed by atoms with E-state index in [9.17, 15) is 0 Å². The van der Waals surface area contributed by atoms with E-state index in [2.05, 4.69) is 33.4 Å². The molecule has 0 aliphatic carbocycles. The SMILES string of the molecule is C=C(C(C)C)C(CC)OC(C)CC#N. The van der Waals surface area contributed by atoms with E-state index in [1.54, 1.807) is 0 Å². The van der Waals surface area contributed by atoms with Crippen LogP contribution < -0.4 is 0 Å². The van der Waals surface area contributed by atoms with Gasteiger partial charge >= 0.3 is 0 Å². The Morgan fingerprint density at radius 2 is 2.00 bits per heavy atom. The Balaban J connectivity index is 4.16. The minimum atomic E-state index is 0.000417. The fourth-order valence-electron chi connectivity index (χ4n) is 1.27. The molecule has 0 saturated carbocycles. The minimum Gasteiger partial charge on any atom is -0.370 e. The van der Waals surface area contributed by atoms with Crippen LogP contribution in [0.3, 0.4) is 0 Å². The van der Waals surface area contributed by atoms with Crippen molar-refractivity contribution in [2.75, 3.05) is 0 Å². The topological polar surface area (TPSA) is 33.0 Å². The molecule has 0 fully saturated rings. The summed E-state index contributed by atoms with van der Waals surface area (Å²) >= 11 is 0. The predicted molar refractivity (Wildman–Crippen MR) is 58.8 cm³/mol. The Bertz CT molecular complexity index is 215. The van der Waals surface area contributed by atoms with Gasteiger partial charge in [-0.3, -0.25) is 0 Å². The van der Waals surface area contributed by atoms with Crippen LogP contribution in [0.15, 0.2) is 12.2 Å². The molecule has 0 spiro atoms. The highest BCUT2D eigenvalue weighted by Gasteiger charge is 2.16. The summed E-state index contributed by atoms with van der Waals surface area (Å²) in [7, 11) is 0. The van der Waals surface area contributed by atoms with Gasteiger partial charge in [0, 0.05) is 0 Å². The summed E-state index contributed by atoms with van der Waals surface area (Å²) in [5.74, 6) is 0.439. The maximum Gasteiger partial charge on any atom is 0.0786 e. The van der Waals surface area contributed by atoms with Crippen LogP contribution in [0.5, 0.6) is 0 Å². The van der Waals surface area contributed by atoms with Crippen molar-refractivity contribution in [1.82, 2.24) is 0 Å². The fraction of sp³-hybridized carbons (Fsp3) is 0.750. The maximum absolute atomic E-state index is 8.52. The van der Waals surface area contributed by atoms with Gasteiger partial charge in [0.15, 0.2) is 0 Å². The highest BCUT2D eigenvalue weighted by molar-refractivity contribution is 5.05. The van der Waals surface area contributed by atoms with Gasteiger partial charge < -0.3 is 4.74 Å². The third-order valence-electron chi connectivity index (χ3n) is 2.30. The van der Waals surface area contributed by atoms with E-state index >= 15 is 0 Å². The second kappa shape index (κ2) is 6.62. The molecule has 0 aliphatic rings. The summed E-state index contributed by atoms with van der Waals surface area (Å²) in [5.41, 5.74) is 1.12. The van der Waals surface area contributed by atoms with Gasteiger partial charge in [-0.1, -0.05) is 27.4 Å². The van der Waals surface area contributed by atoms with Crippen LogP contribution >= 0.6 is 0 Å². The van der Waals surface area contributed by atoms with Crippen LogP contribution in [-0.4, -0.2) is 12.2 Å².